The summed E-state index contributed by atoms with van der Waals surface area (Å²) in [5, 5.41) is 11.1. The zero-order valence-electron chi connectivity index (χ0n) is 14.5. The Balaban J connectivity index is 1.78. The minimum atomic E-state index is -0.517. The molecule has 0 bridgehead atoms. The van der Waals surface area contributed by atoms with Crippen molar-refractivity contribution in [1.82, 2.24) is 9.88 Å². The molecule has 128 valence electrons. The van der Waals surface area contributed by atoms with E-state index in [-0.39, 0.29) is 34.9 Å². The second kappa shape index (κ2) is 4.34. The Morgan fingerprint density at radius 1 is 1.32 bits per heavy atom. The fourth-order valence-corrected chi connectivity index (χ4v) is 5.45. The fraction of sp³-hybridized carbons (Fsp3) is 0.400. The Labute approximate surface area is 145 Å². The number of nitrogens with zero attached hydrogens (tertiary/aromatic N) is 1. The van der Waals surface area contributed by atoms with Gasteiger partial charge in [0.15, 0.2) is 5.78 Å². The summed E-state index contributed by atoms with van der Waals surface area (Å²) in [5.74, 6) is -0.594. The van der Waals surface area contributed by atoms with Crippen molar-refractivity contribution in [3.05, 3.63) is 46.9 Å². The van der Waals surface area contributed by atoms with Gasteiger partial charge >= 0.3 is 0 Å². The van der Waals surface area contributed by atoms with Crippen molar-refractivity contribution in [1.29, 1.82) is 0 Å². The maximum atomic E-state index is 13.0. The summed E-state index contributed by atoms with van der Waals surface area (Å²) in [6.07, 6.45) is 2.85. The Morgan fingerprint density at radius 3 is 2.80 bits per heavy atom. The van der Waals surface area contributed by atoms with Crippen molar-refractivity contribution in [3.8, 4) is 0 Å². The van der Waals surface area contributed by atoms with Crippen LogP contribution >= 0.6 is 0 Å². The molecule has 0 saturated carbocycles. The number of hydrogen-bond donors (Lipinski definition) is 2. The van der Waals surface area contributed by atoms with Gasteiger partial charge in [0.25, 0.3) is 5.91 Å². The molecule has 2 N–H and O–H groups in total. The first kappa shape index (κ1) is 14.8. The third-order valence-electron chi connectivity index (χ3n) is 6.51. The number of carbonyl (C=O) groups is 2. The van der Waals surface area contributed by atoms with E-state index in [1.54, 1.807) is 4.90 Å². The number of allylic oxidation sites excluding steroid dienone is 1. The van der Waals surface area contributed by atoms with E-state index in [2.05, 4.69) is 11.1 Å². The summed E-state index contributed by atoms with van der Waals surface area (Å²) in [5.41, 5.74) is 2.99. The highest BCUT2D eigenvalue weighted by Gasteiger charge is 2.64. The van der Waals surface area contributed by atoms with Crippen LogP contribution in [0, 0.1) is 5.92 Å². The van der Waals surface area contributed by atoms with Crippen LogP contribution in [-0.2, 0) is 16.0 Å². The first-order chi connectivity index (χ1) is 11.8. The van der Waals surface area contributed by atoms with Gasteiger partial charge in [-0.1, -0.05) is 12.1 Å². The topological polar surface area (TPSA) is 73.4 Å². The molecule has 5 nitrogen and oxygen atoms in total. The summed E-state index contributed by atoms with van der Waals surface area (Å²) in [6.45, 7) is 5.51. The van der Waals surface area contributed by atoms with Crippen LogP contribution in [0.4, 0.5) is 0 Å². The van der Waals surface area contributed by atoms with Crippen LogP contribution in [0.5, 0.6) is 0 Å². The molecule has 25 heavy (non-hydrogen) atoms. The van der Waals surface area contributed by atoms with Crippen molar-refractivity contribution in [2.45, 2.75) is 44.7 Å². The van der Waals surface area contributed by atoms with Gasteiger partial charge in [0.05, 0.1) is 0 Å². The predicted molar refractivity (Wildman–Crippen MR) is 93.3 cm³/mol. The van der Waals surface area contributed by atoms with E-state index in [1.165, 1.54) is 17.9 Å². The van der Waals surface area contributed by atoms with Gasteiger partial charge in [-0.2, -0.15) is 0 Å². The molecule has 1 aliphatic carbocycles. The first-order valence-corrected chi connectivity index (χ1v) is 8.70. The molecule has 5 rings (SSSR count). The number of fused-ring (bicyclic) bond motifs is 4. The van der Waals surface area contributed by atoms with Crippen molar-refractivity contribution < 1.29 is 14.7 Å². The van der Waals surface area contributed by atoms with E-state index < -0.39 is 11.6 Å². The monoisotopic (exact) mass is 336 g/mol. The van der Waals surface area contributed by atoms with Gasteiger partial charge in [-0.05, 0) is 50.3 Å². The highest BCUT2D eigenvalue weighted by Crippen LogP contribution is 2.57. The van der Waals surface area contributed by atoms with Crippen molar-refractivity contribution >= 4 is 22.6 Å². The number of Topliss-reactive ketones (excluding diaryl/α,β-unsaturated/α-hetero) is 1. The van der Waals surface area contributed by atoms with Crippen molar-refractivity contribution in [3.63, 3.8) is 0 Å². The number of H-pyrrole nitrogens is 1. The Morgan fingerprint density at radius 2 is 2.08 bits per heavy atom. The van der Waals surface area contributed by atoms with Gasteiger partial charge in [-0.15, -0.1) is 0 Å². The Bertz CT molecular complexity index is 994. The summed E-state index contributed by atoms with van der Waals surface area (Å²) in [7, 11) is 0. The minimum absolute atomic E-state index is 0.0352. The quantitative estimate of drug-likeness (QED) is 0.441. The lowest BCUT2D eigenvalue weighted by atomic mass is 9.69. The molecule has 1 aromatic carbocycles. The average Bonchev–Trinajstić information content (AvgIpc) is 3.14. The molecule has 2 aromatic rings. The third-order valence-corrected chi connectivity index (χ3v) is 6.51. The van der Waals surface area contributed by atoms with E-state index in [0.29, 0.717) is 0 Å². The fourth-order valence-electron chi connectivity index (χ4n) is 5.45. The molecular formula is C20H20N2O3. The molecule has 1 aromatic heterocycles. The second-order valence-electron chi connectivity index (χ2n) is 8.02. The van der Waals surface area contributed by atoms with Gasteiger partial charge in [0, 0.05) is 28.6 Å². The van der Waals surface area contributed by atoms with Crippen molar-refractivity contribution in [2.24, 2.45) is 5.92 Å². The van der Waals surface area contributed by atoms with Crippen LogP contribution in [-0.4, -0.2) is 38.3 Å². The molecule has 0 spiro atoms. The number of aromatic nitrogens is 1. The molecule has 2 fully saturated rings. The van der Waals surface area contributed by atoms with E-state index in [0.717, 1.165) is 17.5 Å². The molecule has 1 amide bonds. The highest BCUT2D eigenvalue weighted by molar-refractivity contribution is 6.27. The first-order valence-electron chi connectivity index (χ1n) is 8.70. The summed E-state index contributed by atoms with van der Waals surface area (Å²) >= 11 is 0. The summed E-state index contributed by atoms with van der Waals surface area (Å²) in [6, 6.07) is 5.72. The number of hydrogen-bond acceptors (Lipinski definition) is 3. The molecule has 3 heterocycles. The van der Waals surface area contributed by atoms with Crippen LogP contribution in [0.2, 0.25) is 0 Å². The van der Waals surface area contributed by atoms with Gasteiger partial charge in [0.2, 0.25) is 0 Å². The number of aromatic amines is 1. The maximum Gasteiger partial charge on any atom is 0.262 e. The number of ketones is 1. The molecule has 0 radical (unpaired) electrons. The molecule has 3 atom stereocenters. The van der Waals surface area contributed by atoms with Gasteiger partial charge in [-0.25, -0.2) is 0 Å². The third kappa shape index (κ3) is 1.54. The van der Waals surface area contributed by atoms with Crippen LogP contribution < -0.4 is 0 Å². The number of nitrogens with one attached hydrogen (secondary N) is 1. The number of rotatable bonds is 0. The second-order valence-corrected chi connectivity index (χ2v) is 8.02. The van der Waals surface area contributed by atoms with Crippen LogP contribution in [0.3, 0.4) is 0 Å². The smallest absolute Gasteiger partial charge is 0.262 e. The number of amides is 1. The van der Waals surface area contributed by atoms with E-state index in [1.807, 2.05) is 32.2 Å². The number of carbonyl (C=O) groups excluding carboxylic acids is 2. The normalized spacial score (nSPS) is 31.5. The lowest BCUT2D eigenvalue weighted by Crippen LogP contribution is -2.46. The lowest BCUT2D eigenvalue weighted by molar-refractivity contribution is -0.130. The van der Waals surface area contributed by atoms with Gasteiger partial charge in [0.1, 0.15) is 17.4 Å². The zero-order chi connectivity index (χ0) is 17.7. The van der Waals surface area contributed by atoms with Gasteiger partial charge in [-0.3, -0.25) is 9.59 Å². The molecule has 5 heteroatoms. The van der Waals surface area contributed by atoms with Crippen LogP contribution in [0.25, 0.3) is 10.9 Å². The molecule has 2 saturated heterocycles. The zero-order valence-corrected chi connectivity index (χ0v) is 14.5. The van der Waals surface area contributed by atoms with E-state index in [4.69, 9.17) is 0 Å². The average molecular weight is 336 g/mol. The van der Waals surface area contributed by atoms with E-state index >= 15 is 0 Å². The largest absolute Gasteiger partial charge is 0.512 e. The molecular weight excluding hydrogens is 316 g/mol. The number of aliphatic hydroxyl groups is 1. The molecule has 0 unspecified atom stereocenters. The standard InChI is InChI=1S/C20H20N2O3/c1-9(23)14-18(24)17-16-11-8-21-13-6-4-5-10(15(11)13)7-12(16)20(2,3)22(17)19(14)25/h4-6,8,12,16-17,21,23H,7H2,1-3H3/b14-9+/t12-,16-,17-/m0/s1. The number of aliphatic hydroxyl groups excluding tert-OH is 1. The lowest BCUT2D eigenvalue weighted by Gasteiger charge is -2.37. The molecule has 2 aliphatic heterocycles. The van der Waals surface area contributed by atoms with Crippen molar-refractivity contribution in [2.75, 3.05) is 0 Å². The number of benzene rings is 1. The SMILES string of the molecule is C/C(O)=C1/C(=O)[C@@H]2[C@H]3c4c[nH]c5cccc(c45)C[C@@H]3C(C)(C)N2C1=O. The summed E-state index contributed by atoms with van der Waals surface area (Å²) < 4.78 is 0. The Hall–Kier alpha value is -2.56. The Kier molecular flexibility index (Phi) is 2.56. The van der Waals surface area contributed by atoms with Crippen LogP contribution in [0.15, 0.2) is 35.7 Å². The molecule has 3 aliphatic rings. The van der Waals surface area contributed by atoms with E-state index in [9.17, 15) is 14.7 Å². The maximum absolute atomic E-state index is 13.0. The van der Waals surface area contributed by atoms with Crippen LogP contribution in [0.1, 0.15) is 37.8 Å². The summed E-state index contributed by atoms with van der Waals surface area (Å²) in [4.78, 5) is 31.0. The predicted octanol–water partition coefficient (Wildman–Crippen LogP) is 2.83. The minimum Gasteiger partial charge on any atom is -0.512 e. The van der Waals surface area contributed by atoms with Gasteiger partial charge < -0.3 is 15.0 Å². The highest BCUT2D eigenvalue weighted by atomic mass is 16.3.